The maximum absolute atomic E-state index is 11.9. The number of rotatable bonds is 3. The molecule has 5 heteroatoms. The topological polar surface area (TPSA) is 65.8 Å². The van der Waals surface area contributed by atoms with E-state index >= 15 is 0 Å². The average Bonchev–Trinajstić information content (AvgIpc) is 2.84. The SMILES string of the molecule is N#CC(C(=O)Nc1nccs1)c1ccccc1. The Morgan fingerprint density at radius 3 is 2.76 bits per heavy atom. The van der Waals surface area contributed by atoms with Gasteiger partial charge < -0.3 is 5.32 Å². The number of aromatic nitrogens is 1. The molecule has 17 heavy (non-hydrogen) atoms. The van der Waals surface area contributed by atoms with Crippen LogP contribution in [-0.4, -0.2) is 10.9 Å². The van der Waals surface area contributed by atoms with E-state index in [-0.39, 0.29) is 5.91 Å². The van der Waals surface area contributed by atoms with Gasteiger partial charge in [0, 0.05) is 11.6 Å². The van der Waals surface area contributed by atoms with Gasteiger partial charge in [0.25, 0.3) is 0 Å². The lowest BCUT2D eigenvalue weighted by Crippen LogP contribution is -2.19. The molecule has 0 aliphatic heterocycles. The summed E-state index contributed by atoms with van der Waals surface area (Å²) in [6.45, 7) is 0. The van der Waals surface area contributed by atoms with Gasteiger partial charge in [-0.2, -0.15) is 5.26 Å². The van der Waals surface area contributed by atoms with Crippen LogP contribution in [0.5, 0.6) is 0 Å². The lowest BCUT2D eigenvalue weighted by molar-refractivity contribution is -0.116. The third-order valence-electron chi connectivity index (χ3n) is 2.19. The number of carbonyl (C=O) groups is 1. The Labute approximate surface area is 103 Å². The number of thiazole rings is 1. The number of anilines is 1. The van der Waals surface area contributed by atoms with Crippen LogP contribution in [0.3, 0.4) is 0 Å². The fourth-order valence-corrected chi connectivity index (χ4v) is 1.92. The minimum Gasteiger partial charge on any atom is -0.301 e. The first kappa shape index (κ1) is 11.3. The molecule has 1 N–H and O–H groups in total. The molecule has 0 spiro atoms. The van der Waals surface area contributed by atoms with E-state index in [1.807, 2.05) is 12.1 Å². The smallest absolute Gasteiger partial charge is 0.248 e. The summed E-state index contributed by atoms with van der Waals surface area (Å²) in [4.78, 5) is 15.8. The van der Waals surface area contributed by atoms with Crippen LogP contribution in [-0.2, 0) is 4.79 Å². The number of hydrogen-bond donors (Lipinski definition) is 1. The average molecular weight is 243 g/mol. The molecule has 0 fully saturated rings. The number of nitriles is 1. The first-order chi connectivity index (χ1) is 8.31. The molecule has 2 rings (SSSR count). The molecule has 1 aromatic carbocycles. The second-order valence-electron chi connectivity index (χ2n) is 3.30. The van der Waals surface area contributed by atoms with E-state index in [0.717, 1.165) is 0 Å². The fraction of sp³-hybridized carbons (Fsp3) is 0.0833. The van der Waals surface area contributed by atoms with Gasteiger partial charge in [-0.3, -0.25) is 4.79 Å². The summed E-state index contributed by atoms with van der Waals surface area (Å²) < 4.78 is 0. The zero-order chi connectivity index (χ0) is 12.1. The van der Waals surface area contributed by atoms with E-state index in [4.69, 9.17) is 5.26 Å². The van der Waals surface area contributed by atoms with Crippen molar-refractivity contribution in [3.05, 3.63) is 47.5 Å². The van der Waals surface area contributed by atoms with Crippen molar-refractivity contribution in [2.45, 2.75) is 5.92 Å². The minimum absolute atomic E-state index is 0.353. The number of carbonyl (C=O) groups excluding carboxylic acids is 1. The van der Waals surface area contributed by atoms with Crippen molar-refractivity contribution in [2.24, 2.45) is 0 Å². The van der Waals surface area contributed by atoms with Gasteiger partial charge in [0.1, 0.15) is 0 Å². The molecule has 0 bridgehead atoms. The lowest BCUT2D eigenvalue weighted by Gasteiger charge is -2.08. The number of benzene rings is 1. The van der Waals surface area contributed by atoms with Gasteiger partial charge in [0.15, 0.2) is 11.0 Å². The summed E-state index contributed by atoms with van der Waals surface area (Å²) in [6.07, 6.45) is 1.60. The first-order valence-electron chi connectivity index (χ1n) is 4.96. The van der Waals surface area contributed by atoms with E-state index in [2.05, 4.69) is 10.3 Å². The Morgan fingerprint density at radius 2 is 2.18 bits per heavy atom. The summed E-state index contributed by atoms with van der Waals surface area (Å²) >= 11 is 1.32. The number of amides is 1. The minimum atomic E-state index is -0.805. The predicted octanol–water partition coefficient (Wildman–Crippen LogP) is 2.39. The molecule has 0 radical (unpaired) electrons. The van der Waals surface area contributed by atoms with Crippen molar-refractivity contribution in [1.82, 2.24) is 4.98 Å². The summed E-state index contributed by atoms with van der Waals surface area (Å²) in [7, 11) is 0. The standard InChI is InChI=1S/C12H9N3OS/c13-8-10(9-4-2-1-3-5-9)11(16)15-12-14-6-7-17-12/h1-7,10H,(H,14,15,16). The maximum Gasteiger partial charge on any atom is 0.248 e. The molecule has 1 amide bonds. The molecular weight excluding hydrogens is 234 g/mol. The van der Waals surface area contributed by atoms with Gasteiger partial charge in [-0.25, -0.2) is 4.98 Å². The molecule has 84 valence electrons. The van der Waals surface area contributed by atoms with E-state index in [9.17, 15) is 4.79 Å². The van der Waals surface area contributed by atoms with Gasteiger partial charge in [0.2, 0.25) is 5.91 Å². The van der Waals surface area contributed by atoms with Crippen LogP contribution in [0.1, 0.15) is 11.5 Å². The van der Waals surface area contributed by atoms with Gasteiger partial charge in [-0.1, -0.05) is 30.3 Å². The molecule has 0 aliphatic rings. The zero-order valence-electron chi connectivity index (χ0n) is 8.83. The van der Waals surface area contributed by atoms with Crippen molar-refractivity contribution in [3.8, 4) is 6.07 Å². The Morgan fingerprint density at radius 1 is 1.41 bits per heavy atom. The Kier molecular flexibility index (Phi) is 3.48. The molecular formula is C12H9N3OS. The molecule has 4 nitrogen and oxygen atoms in total. The molecule has 1 aromatic heterocycles. The number of hydrogen-bond acceptors (Lipinski definition) is 4. The van der Waals surface area contributed by atoms with Crippen molar-refractivity contribution in [2.75, 3.05) is 5.32 Å². The van der Waals surface area contributed by atoms with Gasteiger partial charge >= 0.3 is 0 Å². The maximum atomic E-state index is 11.9. The Balaban J connectivity index is 2.15. The second-order valence-corrected chi connectivity index (χ2v) is 4.19. The molecule has 1 heterocycles. The largest absolute Gasteiger partial charge is 0.301 e. The van der Waals surface area contributed by atoms with E-state index in [1.165, 1.54) is 11.3 Å². The number of nitrogens with one attached hydrogen (secondary N) is 1. The van der Waals surface area contributed by atoms with Crippen molar-refractivity contribution in [3.63, 3.8) is 0 Å². The highest BCUT2D eigenvalue weighted by atomic mass is 32.1. The van der Waals surface area contributed by atoms with Crippen LogP contribution in [0.4, 0.5) is 5.13 Å². The van der Waals surface area contributed by atoms with Gasteiger partial charge in [-0.15, -0.1) is 11.3 Å². The molecule has 1 unspecified atom stereocenters. The van der Waals surface area contributed by atoms with Crippen LogP contribution < -0.4 is 5.32 Å². The Bertz CT molecular complexity index is 531. The summed E-state index contributed by atoms with van der Waals surface area (Å²) in [5, 5.41) is 13.9. The van der Waals surface area contributed by atoms with Crippen molar-refractivity contribution in [1.29, 1.82) is 5.26 Å². The van der Waals surface area contributed by atoms with E-state index < -0.39 is 5.92 Å². The molecule has 0 aliphatic carbocycles. The summed E-state index contributed by atoms with van der Waals surface area (Å²) in [6, 6.07) is 11.0. The fourth-order valence-electron chi connectivity index (χ4n) is 1.39. The van der Waals surface area contributed by atoms with Crippen LogP contribution in [0.15, 0.2) is 41.9 Å². The third kappa shape index (κ3) is 2.68. The number of nitrogens with zero attached hydrogens (tertiary/aromatic N) is 2. The van der Waals surface area contributed by atoms with Crippen molar-refractivity contribution < 1.29 is 4.79 Å². The van der Waals surface area contributed by atoms with Crippen LogP contribution in [0, 0.1) is 11.3 Å². The van der Waals surface area contributed by atoms with Crippen LogP contribution in [0.2, 0.25) is 0 Å². The van der Waals surface area contributed by atoms with Gasteiger partial charge in [0.05, 0.1) is 6.07 Å². The van der Waals surface area contributed by atoms with Crippen LogP contribution in [0.25, 0.3) is 0 Å². The third-order valence-corrected chi connectivity index (χ3v) is 2.88. The predicted molar refractivity (Wildman–Crippen MR) is 65.5 cm³/mol. The van der Waals surface area contributed by atoms with E-state index in [1.54, 1.807) is 35.8 Å². The molecule has 0 saturated heterocycles. The molecule has 0 saturated carbocycles. The Hall–Kier alpha value is -2.19. The molecule has 1 atom stereocenters. The lowest BCUT2D eigenvalue weighted by atomic mass is 10.0. The second kappa shape index (κ2) is 5.23. The summed E-state index contributed by atoms with van der Waals surface area (Å²) in [5.74, 6) is -1.16. The first-order valence-corrected chi connectivity index (χ1v) is 5.84. The zero-order valence-corrected chi connectivity index (χ0v) is 9.65. The van der Waals surface area contributed by atoms with Gasteiger partial charge in [-0.05, 0) is 5.56 Å². The highest BCUT2D eigenvalue weighted by Gasteiger charge is 2.20. The summed E-state index contributed by atoms with van der Waals surface area (Å²) in [5.41, 5.74) is 0.684. The van der Waals surface area contributed by atoms with E-state index in [0.29, 0.717) is 10.7 Å². The van der Waals surface area contributed by atoms with Crippen LogP contribution >= 0.6 is 11.3 Å². The quantitative estimate of drug-likeness (QED) is 0.900. The highest BCUT2D eigenvalue weighted by molar-refractivity contribution is 7.13. The molecule has 2 aromatic rings. The van der Waals surface area contributed by atoms with Crippen molar-refractivity contribution >= 4 is 22.4 Å². The monoisotopic (exact) mass is 243 g/mol. The highest BCUT2D eigenvalue weighted by Crippen LogP contribution is 2.18. The normalized spacial score (nSPS) is 11.5.